The molecule has 2 atom stereocenters. The first kappa shape index (κ1) is 12.9. The van der Waals surface area contributed by atoms with Crippen LogP contribution in [0.25, 0.3) is 11.5 Å². The molecule has 1 saturated carbocycles. The van der Waals surface area contributed by atoms with Gasteiger partial charge in [0.2, 0.25) is 11.8 Å². The third-order valence-electron chi connectivity index (χ3n) is 3.80. The summed E-state index contributed by atoms with van der Waals surface area (Å²) in [5.74, 6) is 1.38. The fraction of sp³-hybridized carbons (Fsp3) is 0.375. The van der Waals surface area contributed by atoms with Crippen molar-refractivity contribution in [3.05, 3.63) is 35.7 Å². The maximum Gasteiger partial charge on any atom is 0.227 e. The lowest BCUT2D eigenvalue weighted by Crippen LogP contribution is -2.14. The zero-order chi connectivity index (χ0) is 14.3. The molecule has 2 aromatic rings. The summed E-state index contributed by atoms with van der Waals surface area (Å²) in [7, 11) is 0. The largest absolute Gasteiger partial charge is 0.444 e. The number of benzene rings is 1. The quantitative estimate of drug-likeness (QED) is 0.927. The van der Waals surface area contributed by atoms with E-state index in [1.165, 1.54) is 0 Å². The molecule has 0 spiro atoms. The van der Waals surface area contributed by atoms with Crippen LogP contribution in [0.1, 0.15) is 24.6 Å². The minimum Gasteiger partial charge on any atom is -0.444 e. The van der Waals surface area contributed by atoms with Crippen molar-refractivity contribution in [3.63, 3.8) is 0 Å². The van der Waals surface area contributed by atoms with Crippen molar-refractivity contribution in [1.29, 1.82) is 0 Å². The number of rotatable bonds is 3. The van der Waals surface area contributed by atoms with Crippen molar-refractivity contribution in [1.82, 2.24) is 4.98 Å². The summed E-state index contributed by atoms with van der Waals surface area (Å²) in [6.07, 6.45) is 2.62. The molecule has 1 amide bonds. The highest BCUT2D eigenvalue weighted by Gasteiger charge is 2.39. The molecule has 104 valence electrons. The van der Waals surface area contributed by atoms with Crippen molar-refractivity contribution in [3.8, 4) is 11.5 Å². The van der Waals surface area contributed by atoms with E-state index in [9.17, 15) is 4.79 Å². The molecule has 3 rings (SSSR count). The van der Waals surface area contributed by atoms with E-state index >= 15 is 0 Å². The van der Waals surface area contributed by atoms with Gasteiger partial charge in [0.1, 0.15) is 6.26 Å². The Kier molecular flexibility index (Phi) is 3.08. The Hall–Kier alpha value is -2.10. The van der Waals surface area contributed by atoms with Gasteiger partial charge in [-0.1, -0.05) is 13.0 Å². The molecule has 1 aliphatic rings. The molecule has 1 unspecified atom stereocenters. The van der Waals surface area contributed by atoms with Crippen LogP contribution < -0.4 is 5.32 Å². The van der Waals surface area contributed by atoms with Crippen LogP contribution in [-0.4, -0.2) is 10.9 Å². The first-order chi connectivity index (χ1) is 9.54. The molecule has 1 aromatic carbocycles. The molecule has 0 aliphatic heterocycles. The summed E-state index contributed by atoms with van der Waals surface area (Å²) in [4.78, 5) is 16.3. The minimum absolute atomic E-state index is 0.107. The second-order valence-corrected chi connectivity index (χ2v) is 5.63. The molecule has 4 heteroatoms. The maximum absolute atomic E-state index is 12.0. The number of nitrogens with zero attached hydrogens (tertiary/aromatic N) is 1. The van der Waals surface area contributed by atoms with Gasteiger partial charge in [0, 0.05) is 17.2 Å². The highest BCUT2D eigenvalue weighted by atomic mass is 16.3. The minimum atomic E-state index is 0.107. The Labute approximate surface area is 118 Å². The van der Waals surface area contributed by atoms with E-state index in [1.54, 1.807) is 6.26 Å². The molecular weight excluding hydrogens is 252 g/mol. The van der Waals surface area contributed by atoms with E-state index < -0.39 is 0 Å². The van der Waals surface area contributed by atoms with Crippen molar-refractivity contribution < 1.29 is 9.21 Å². The Morgan fingerprint density at radius 1 is 1.40 bits per heavy atom. The lowest BCUT2D eigenvalue weighted by Gasteiger charge is -2.08. The molecule has 1 aromatic heterocycles. The van der Waals surface area contributed by atoms with E-state index in [0.29, 0.717) is 11.8 Å². The van der Waals surface area contributed by atoms with Crippen LogP contribution >= 0.6 is 0 Å². The van der Waals surface area contributed by atoms with E-state index in [4.69, 9.17) is 4.42 Å². The fourth-order valence-corrected chi connectivity index (χ4v) is 2.33. The summed E-state index contributed by atoms with van der Waals surface area (Å²) in [5.41, 5.74) is 3.63. The standard InChI is InChI=1S/C16H18N2O2/c1-9-4-5-12(18-15(19)13-6-10(13)2)7-14(9)16-17-11(3)8-20-16/h4-5,7-8,10,13H,6H2,1-3H3,(H,18,19)/t10-,13?/m0/s1. The number of carbonyl (C=O) groups excluding carboxylic acids is 1. The average molecular weight is 270 g/mol. The van der Waals surface area contributed by atoms with Gasteiger partial charge in [0.25, 0.3) is 0 Å². The van der Waals surface area contributed by atoms with Crippen LogP contribution in [0.4, 0.5) is 5.69 Å². The Balaban J connectivity index is 1.85. The van der Waals surface area contributed by atoms with Gasteiger partial charge in [0.15, 0.2) is 0 Å². The van der Waals surface area contributed by atoms with E-state index in [0.717, 1.165) is 28.9 Å². The van der Waals surface area contributed by atoms with Gasteiger partial charge < -0.3 is 9.73 Å². The molecular formula is C16H18N2O2. The monoisotopic (exact) mass is 270 g/mol. The predicted octanol–water partition coefficient (Wildman–Crippen LogP) is 3.55. The second-order valence-electron chi connectivity index (χ2n) is 5.63. The van der Waals surface area contributed by atoms with Crippen LogP contribution in [0.15, 0.2) is 28.9 Å². The zero-order valence-corrected chi connectivity index (χ0v) is 11.9. The van der Waals surface area contributed by atoms with Crippen LogP contribution in [0.5, 0.6) is 0 Å². The number of carbonyl (C=O) groups is 1. The van der Waals surface area contributed by atoms with Crippen LogP contribution in [0.2, 0.25) is 0 Å². The van der Waals surface area contributed by atoms with Gasteiger partial charge in [-0.3, -0.25) is 4.79 Å². The topological polar surface area (TPSA) is 55.1 Å². The second kappa shape index (κ2) is 4.78. The Morgan fingerprint density at radius 2 is 2.15 bits per heavy atom. The lowest BCUT2D eigenvalue weighted by molar-refractivity contribution is -0.117. The van der Waals surface area contributed by atoms with Gasteiger partial charge >= 0.3 is 0 Å². The van der Waals surface area contributed by atoms with Gasteiger partial charge in [0.05, 0.1) is 5.69 Å². The lowest BCUT2D eigenvalue weighted by atomic mass is 10.1. The fourth-order valence-electron chi connectivity index (χ4n) is 2.33. The van der Waals surface area contributed by atoms with E-state index in [1.807, 2.05) is 32.0 Å². The number of nitrogens with one attached hydrogen (secondary N) is 1. The number of hydrogen-bond donors (Lipinski definition) is 1. The highest BCUT2D eigenvalue weighted by Crippen LogP contribution is 2.38. The summed E-state index contributed by atoms with van der Waals surface area (Å²) < 4.78 is 5.44. The van der Waals surface area contributed by atoms with Crippen molar-refractivity contribution >= 4 is 11.6 Å². The number of aryl methyl sites for hydroxylation is 2. The first-order valence-corrected chi connectivity index (χ1v) is 6.88. The molecule has 4 nitrogen and oxygen atoms in total. The number of oxazole rings is 1. The smallest absolute Gasteiger partial charge is 0.227 e. The summed E-state index contributed by atoms with van der Waals surface area (Å²) in [6, 6.07) is 5.81. The van der Waals surface area contributed by atoms with Gasteiger partial charge in [-0.05, 0) is 43.9 Å². The third kappa shape index (κ3) is 2.46. The summed E-state index contributed by atoms with van der Waals surface area (Å²) >= 11 is 0. The normalized spacial score (nSPS) is 20.8. The van der Waals surface area contributed by atoms with Gasteiger partial charge in [-0.25, -0.2) is 4.98 Å². The van der Waals surface area contributed by atoms with Crippen molar-refractivity contribution in [2.75, 3.05) is 5.32 Å². The van der Waals surface area contributed by atoms with Gasteiger partial charge in [-0.2, -0.15) is 0 Å². The number of aromatic nitrogens is 1. The molecule has 0 saturated heterocycles. The van der Waals surface area contributed by atoms with Crippen molar-refractivity contribution in [2.45, 2.75) is 27.2 Å². The number of amides is 1. The van der Waals surface area contributed by atoms with E-state index in [2.05, 4.69) is 17.2 Å². The number of anilines is 1. The molecule has 0 bridgehead atoms. The molecule has 0 radical (unpaired) electrons. The third-order valence-corrected chi connectivity index (χ3v) is 3.80. The Morgan fingerprint density at radius 3 is 2.75 bits per heavy atom. The van der Waals surface area contributed by atoms with Crippen molar-refractivity contribution in [2.24, 2.45) is 11.8 Å². The van der Waals surface area contributed by atoms with Gasteiger partial charge in [-0.15, -0.1) is 0 Å². The first-order valence-electron chi connectivity index (χ1n) is 6.88. The van der Waals surface area contributed by atoms with E-state index in [-0.39, 0.29) is 11.8 Å². The molecule has 20 heavy (non-hydrogen) atoms. The molecule has 1 aliphatic carbocycles. The molecule has 1 fully saturated rings. The average Bonchev–Trinajstić information content (AvgIpc) is 2.99. The number of hydrogen-bond acceptors (Lipinski definition) is 3. The maximum atomic E-state index is 12.0. The SMILES string of the molecule is Cc1coc(-c2cc(NC(=O)C3C[C@@H]3C)ccc2C)n1. The van der Waals surface area contributed by atoms with Crippen LogP contribution in [0.3, 0.4) is 0 Å². The van der Waals surface area contributed by atoms with Crippen LogP contribution in [-0.2, 0) is 4.79 Å². The molecule has 1 heterocycles. The van der Waals surface area contributed by atoms with Crippen LogP contribution in [0, 0.1) is 25.7 Å². The Bertz CT molecular complexity index is 660. The highest BCUT2D eigenvalue weighted by molar-refractivity contribution is 5.95. The molecule has 1 N–H and O–H groups in total. The summed E-state index contributed by atoms with van der Waals surface area (Å²) in [6.45, 7) is 5.99. The predicted molar refractivity (Wildman–Crippen MR) is 77.3 cm³/mol. The zero-order valence-electron chi connectivity index (χ0n) is 11.9. The summed E-state index contributed by atoms with van der Waals surface area (Å²) in [5, 5.41) is 2.97.